The van der Waals surface area contributed by atoms with Gasteiger partial charge in [0, 0.05) is 31.5 Å². The Morgan fingerprint density at radius 1 is 1.29 bits per heavy atom. The minimum atomic E-state index is -1.09. The summed E-state index contributed by atoms with van der Waals surface area (Å²) >= 11 is 0. The molecule has 0 aromatic carbocycles. The van der Waals surface area contributed by atoms with Crippen LogP contribution in [0.25, 0.3) is 0 Å². The quantitative estimate of drug-likeness (QED) is 0.932. The smallest absolute Gasteiger partial charge is 0.337 e. The average Bonchev–Trinajstić information content (AvgIpc) is 3.12. The number of likely N-dealkylation sites (tertiary alicyclic amines) is 1. The molecule has 0 aliphatic carbocycles. The third-order valence-corrected chi connectivity index (χ3v) is 4.49. The minimum Gasteiger partial charge on any atom is -0.478 e. The lowest BCUT2D eigenvalue weighted by molar-refractivity contribution is 0.0696. The van der Waals surface area contributed by atoms with Crippen LogP contribution >= 0.6 is 0 Å². The van der Waals surface area contributed by atoms with E-state index in [4.69, 9.17) is 5.11 Å². The van der Waals surface area contributed by atoms with Crippen molar-refractivity contribution in [2.24, 2.45) is 7.05 Å². The van der Waals surface area contributed by atoms with E-state index >= 15 is 0 Å². The van der Waals surface area contributed by atoms with Crippen LogP contribution in [0.15, 0.2) is 18.5 Å². The largest absolute Gasteiger partial charge is 0.478 e. The highest BCUT2D eigenvalue weighted by Crippen LogP contribution is 2.34. The van der Waals surface area contributed by atoms with Crippen LogP contribution in [0.1, 0.15) is 56.6 Å². The normalized spacial score (nSPS) is 17.3. The first-order valence-corrected chi connectivity index (χ1v) is 7.89. The van der Waals surface area contributed by atoms with Gasteiger partial charge in [-0.2, -0.15) is 5.10 Å². The first kappa shape index (κ1) is 16.2. The average molecular weight is 328 g/mol. The topological polar surface area (TPSA) is 88.3 Å². The highest BCUT2D eigenvalue weighted by atomic mass is 16.4. The number of pyridine rings is 1. The van der Waals surface area contributed by atoms with Gasteiger partial charge in [0.2, 0.25) is 0 Å². The van der Waals surface area contributed by atoms with Gasteiger partial charge in [-0.3, -0.25) is 14.5 Å². The number of hydrogen-bond acceptors (Lipinski definition) is 4. The van der Waals surface area contributed by atoms with E-state index in [1.807, 2.05) is 20.2 Å². The summed E-state index contributed by atoms with van der Waals surface area (Å²) in [5, 5.41) is 13.5. The summed E-state index contributed by atoms with van der Waals surface area (Å²) in [7, 11) is 1.86. The number of hydrogen-bond donors (Lipinski definition) is 1. The second-order valence-corrected chi connectivity index (χ2v) is 6.16. The molecular formula is C17H20N4O3. The molecule has 1 saturated heterocycles. The minimum absolute atomic E-state index is 0.0252. The van der Waals surface area contributed by atoms with Gasteiger partial charge in [-0.1, -0.05) is 0 Å². The van der Waals surface area contributed by atoms with Crippen molar-refractivity contribution in [2.75, 3.05) is 6.54 Å². The lowest BCUT2D eigenvalue weighted by Gasteiger charge is -2.25. The van der Waals surface area contributed by atoms with Crippen LogP contribution in [0.5, 0.6) is 0 Å². The third-order valence-electron chi connectivity index (χ3n) is 4.49. The van der Waals surface area contributed by atoms with E-state index in [-0.39, 0.29) is 17.5 Å². The predicted molar refractivity (Wildman–Crippen MR) is 86.9 cm³/mol. The number of nitrogens with zero attached hydrogens (tertiary/aromatic N) is 4. The number of rotatable bonds is 3. The van der Waals surface area contributed by atoms with Crippen LogP contribution in [0, 0.1) is 13.8 Å². The zero-order valence-corrected chi connectivity index (χ0v) is 14.0. The van der Waals surface area contributed by atoms with Crippen molar-refractivity contribution < 1.29 is 14.7 Å². The van der Waals surface area contributed by atoms with Gasteiger partial charge in [-0.15, -0.1) is 0 Å². The molecule has 1 fully saturated rings. The summed E-state index contributed by atoms with van der Waals surface area (Å²) in [6.07, 6.45) is 5.02. The first-order chi connectivity index (χ1) is 11.4. The molecule has 7 heteroatoms. The maximum absolute atomic E-state index is 13.0. The van der Waals surface area contributed by atoms with Crippen LogP contribution in [-0.4, -0.2) is 43.2 Å². The summed E-state index contributed by atoms with van der Waals surface area (Å²) in [6, 6.07) is 1.39. The lowest BCUT2D eigenvalue weighted by atomic mass is 10.0. The molecule has 2 aromatic rings. The van der Waals surface area contributed by atoms with Crippen molar-refractivity contribution in [3.8, 4) is 0 Å². The van der Waals surface area contributed by atoms with Gasteiger partial charge in [0.15, 0.2) is 0 Å². The molecule has 2 aromatic heterocycles. The molecule has 0 radical (unpaired) electrons. The molecule has 24 heavy (non-hydrogen) atoms. The SMILES string of the molecule is Cc1ncc(C(=O)O)cc1C(=O)N1CCCC1c1cn(C)nc1C. The standard InChI is InChI=1S/C17H20N4O3/c1-10-13(7-12(8-18-10)17(23)24)16(22)21-6-4-5-15(21)14-9-20(3)19-11(14)2/h7-9,15H,4-6H2,1-3H3,(H,23,24). The van der Waals surface area contributed by atoms with E-state index in [2.05, 4.69) is 10.1 Å². The Kier molecular flexibility index (Phi) is 4.09. The van der Waals surface area contributed by atoms with Gasteiger partial charge in [0.1, 0.15) is 0 Å². The number of carbonyl (C=O) groups is 2. The number of aryl methyl sites for hydroxylation is 3. The summed E-state index contributed by atoms with van der Waals surface area (Å²) in [5.41, 5.74) is 2.87. The molecule has 7 nitrogen and oxygen atoms in total. The van der Waals surface area contributed by atoms with Gasteiger partial charge in [-0.25, -0.2) is 4.79 Å². The van der Waals surface area contributed by atoms with Crippen LogP contribution in [0.2, 0.25) is 0 Å². The molecule has 1 unspecified atom stereocenters. The lowest BCUT2D eigenvalue weighted by Crippen LogP contribution is -2.31. The maximum atomic E-state index is 13.0. The summed E-state index contributed by atoms with van der Waals surface area (Å²) < 4.78 is 1.75. The van der Waals surface area contributed by atoms with E-state index in [0.717, 1.165) is 24.1 Å². The Bertz CT molecular complexity index is 812. The van der Waals surface area contributed by atoms with Gasteiger partial charge >= 0.3 is 5.97 Å². The molecule has 1 N–H and O–H groups in total. The molecule has 1 atom stereocenters. The Morgan fingerprint density at radius 2 is 2.04 bits per heavy atom. The van der Waals surface area contributed by atoms with Crippen molar-refractivity contribution in [2.45, 2.75) is 32.7 Å². The Morgan fingerprint density at radius 3 is 2.67 bits per heavy atom. The predicted octanol–water partition coefficient (Wildman–Crippen LogP) is 2.11. The highest BCUT2D eigenvalue weighted by molar-refractivity contribution is 5.98. The van der Waals surface area contributed by atoms with Crippen LogP contribution in [0.3, 0.4) is 0 Å². The fraction of sp³-hybridized carbons (Fsp3) is 0.412. The van der Waals surface area contributed by atoms with Gasteiger partial charge in [-0.05, 0) is 32.8 Å². The zero-order chi connectivity index (χ0) is 17.4. The first-order valence-electron chi connectivity index (χ1n) is 7.89. The molecule has 1 aliphatic rings. The number of carboxylic acids is 1. The summed E-state index contributed by atoms with van der Waals surface area (Å²) in [4.78, 5) is 30.0. The number of aromatic nitrogens is 3. The maximum Gasteiger partial charge on any atom is 0.337 e. The van der Waals surface area contributed by atoms with Crippen molar-refractivity contribution in [3.63, 3.8) is 0 Å². The molecule has 126 valence electrons. The molecule has 0 bridgehead atoms. The zero-order valence-electron chi connectivity index (χ0n) is 14.0. The van der Waals surface area contributed by atoms with Crippen molar-refractivity contribution >= 4 is 11.9 Å². The third kappa shape index (κ3) is 2.77. The monoisotopic (exact) mass is 328 g/mol. The number of amides is 1. The molecular weight excluding hydrogens is 308 g/mol. The van der Waals surface area contributed by atoms with Crippen molar-refractivity contribution in [1.82, 2.24) is 19.7 Å². The molecule has 3 rings (SSSR count). The van der Waals surface area contributed by atoms with Crippen LogP contribution < -0.4 is 0 Å². The van der Waals surface area contributed by atoms with Crippen molar-refractivity contribution in [1.29, 1.82) is 0 Å². The molecule has 0 spiro atoms. The molecule has 1 aliphatic heterocycles. The fourth-order valence-corrected chi connectivity index (χ4v) is 3.30. The number of aromatic carboxylic acids is 1. The number of carbonyl (C=O) groups excluding carboxylic acids is 1. The summed E-state index contributed by atoms with van der Waals surface area (Å²) in [5.74, 6) is -1.26. The van der Waals surface area contributed by atoms with Gasteiger partial charge in [0.05, 0.1) is 28.6 Å². The van der Waals surface area contributed by atoms with E-state index in [0.29, 0.717) is 17.8 Å². The Balaban J connectivity index is 1.96. The van der Waals surface area contributed by atoms with E-state index in [1.54, 1.807) is 16.5 Å². The fourth-order valence-electron chi connectivity index (χ4n) is 3.30. The molecule has 3 heterocycles. The van der Waals surface area contributed by atoms with Crippen LogP contribution in [-0.2, 0) is 7.05 Å². The highest BCUT2D eigenvalue weighted by Gasteiger charge is 2.33. The second-order valence-electron chi connectivity index (χ2n) is 6.16. The number of carboxylic acid groups (broad SMARTS) is 1. The Hall–Kier alpha value is -2.70. The van der Waals surface area contributed by atoms with E-state index < -0.39 is 5.97 Å². The van der Waals surface area contributed by atoms with Crippen molar-refractivity contribution in [3.05, 3.63) is 46.5 Å². The van der Waals surface area contributed by atoms with E-state index in [9.17, 15) is 9.59 Å². The van der Waals surface area contributed by atoms with Crippen LogP contribution in [0.4, 0.5) is 0 Å². The molecule has 0 saturated carbocycles. The summed E-state index contributed by atoms with van der Waals surface area (Å²) in [6.45, 7) is 4.31. The van der Waals surface area contributed by atoms with Gasteiger partial charge in [0.25, 0.3) is 5.91 Å². The Labute approximate surface area is 139 Å². The van der Waals surface area contributed by atoms with E-state index in [1.165, 1.54) is 12.3 Å². The molecule has 1 amide bonds. The van der Waals surface area contributed by atoms with Gasteiger partial charge < -0.3 is 10.0 Å². The second kappa shape index (κ2) is 6.07.